The molecule has 0 aliphatic heterocycles. The molecule has 10 heavy (non-hydrogen) atoms. The topological polar surface area (TPSA) is 38.4 Å². The standard InChI is InChI=1S/C8H16N2/c1-2-7-3-5-8(10-9)6-4-7/h7H,2-6,9H2,1H3. The van der Waals surface area contributed by atoms with E-state index in [1.165, 1.54) is 25.0 Å². The molecule has 0 atom stereocenters. The van der Waals surface area contributed by atoms with Gasteiger partial charge in [0.2, 0.25) is 0 Å². The molecule has 0 aromatic carbocycles. The van der Waals surface area contributed by atoms with Crippen molar-refractivity contribution in [2.45, 2.75) is 39.0 Å². The van der Waals surface area contributed by atoms with Gasteiger partial charge in [0, 0.05) is 5.71 Å². The van der Waals surface area contributed by atoms with Crippen LogP contribution < -0.4 is 5.84 Å². The van der Waals surface area contributed by atoms with Gasteiger partial charge in [-0.15, -0.1) is 0 Å². The number of nitrogens with zero attached hydrogens (tertiary/aromatic N) is 1. The quantitative estimate of drug-likeness (QED) is 0.438. The Morgan fingerprint density at radius 2 is 2.10 bits per heavy atom. The summed E-state index contributed by atoms with van der Waals surface area (Å²) in [6.07, 6.45) is 6.18. The van der Waals surface area contributed by atoms with Gasteiger partial charge in [-0.05, 0) is 31.6 Å². The SMILES string of the molecule is CCC1CCC(=NN)CC1. The molecule has 2 heteroatoms. The van der Waals surface area contributed by atoms with E-state index in [0.29, 0.717) is 0 Å². The highest BCUT2D eigenvalue weighted by Crippen LogP contribution is 2.24. The molecular formula is C8H16N2. The lowest BCUT2D eigenvalue weighted by Crippen LogP contribution is -2.14. The van der Waals surface area contributed by atoms with E-state index >= 15 is 0 Å². The van der Waals surface area contributed by atoms with E-state index in [2.05, 4.69) is 12.0 Å². The van der Waals surface area contributed by atoms with Crippen molar-refractivity contribution >= 4 is 5.71 Å². The maximum absolute atomic E-state index is 5.18. The Hall–Kier alpha value is -0.530. The maximum atomic E-state index is 5.18. The highest BCUT2D eigenvalue weighted by Gasteiger charge is 2.14. The minimum absolute atomic E-state index is 0.936. The summed E-state index contributed by atoms with van der Waals surface area (Å²) in [4.78, 5) is 0. The number of hydrogen-bond acceptors (Lipinski definition) is 2. The molecule has 0 bridgehead atoms. The molecule has 0 spiro atoms. The molecule has 0 heterocycles. The average molecular weight is 140 g/mol. The third-order valence-electron chi connectivity index (χ3n) is 2.44. The Kier molecular flexibility index (Phi) is 2.72. The zero-order valence-corrected chi connectivity index (χ0v) is 6.64. The van der Waals surface area contributed by atoms with Gasteiger partial charge in [0.05, 0.1) is 0 Å². The van der Waals surface area contributed by atoms with E-state index in [1.54, 1.807) is 0 Å². The van der Waals surface area contributed by atoms with Crippen molar-refractivity contribution in [1.29, 1.82) is 0 Å². The first-order chi connectivity index (χ1) is 4.86. The largest absolute Gasteiger partial charge is 0.323 e. The van der Waals surface area contributed by atoms with Crippen LogP contribution in [0.1, 0.15) is 39.0 Å². The first-order valence-corrected chi connectivity index (χ1v) is 4.12. The molecule has 58 valence electrons. The highest BCUT2D eigenvalue weighted by atomic mass is 15.1. The predicted molar refractivity (Wildman–Crippen MR) is 43.9 cm³/mol. The fraction of sp³-hybridized carbons (Fsp3) is 0.875. The lowest BCUT2D eigenvalue weighted by atomic mass is 9.86. The molecule has 1 aliphatic rings. The van der Waals surface area contributed by atoms with E-state index in [9.17, 15) is 0 Å². The average Bonchev–Trinajstić information content (AvgIpc) is 2.05. The van der Waals surface area contributed by atoms with Crippen LogP contribution in [0.5, 0.6) is 0 Å². The van der Waals surface area contributed by atoms with Crippen molar-refractivity contribution in [3.63, 3.8) is 0 Å². The number of hydrogen-bond donors (Lipinski definition) is 1. The first-order valence-electron chi connectivity index (χ1n) is 4.12. The second-order valence-corrected chi connectivity index (χ2v) is 3.05. The minimum Gasteiger partial charge on any atom is -0.323 e. The van der Waals surface area contributed by atoms with E-state index in [1.807, 2.05) is 0 Å². The summed E-state index contributed by atoms with van der Waals surface area (Å²) in [5.41, 5.74) is 1.21. The van der Waals surface area contributed by atoms with E-state index in [4.69, 9.17) is 5.84 Å². The Balaban J connectivity index is 2.31. The lowest BCUT2D eigenvalue weighted by Gasteiger charge is -2.20. The molecule has 2 nitrogen and oxygen atoms in total. The second-order valence-electron chi connectivity index (χ2n) is 3.05. The van der Waals surface area contributed by atoms with E-state index < -0.39 is 0 Å². The normalized spacial score (nSPS) is 26.5. The zero-order valence-electron chi connectivity index (χ0n) is 6.64. The van der Waals surface area contributed by atoms with E-state index in [0.717, 1.165) is 18.8 Å². The molecule has 2 N–H and O–H groups in total. The van der Waals surface area contributed by atoms with Crippen LogP contribution in [0.4, 0.5) is 0 Å². The number of rotatable bonds is 1. The molecule has 0 aromatic rings. The molecule has 1 fully saturated rings. The Labute approximate surface area is 62.5 Å². The van der Waals surface area contributed by atoms with E-state index in [-0.39, 0.29) is 0 Å². The molecule has 0 aromatic heterocycles. The highest BCUT2D eigenvalue weighted by molar-refractivity contribution is 5.84. The summed E-state index contributed by atoms with van der Waals surface area (Å²) in [5, 5.41) is 3.73. The molecular weight excluding hydrogens is 124 g/mol. The van der Waals surface area contributed by atoms with Crippen molar-refractivity contribution in [1.82, 2.24) is 0 Å². The van der Waals surface area contributed by atoms with Crippen LogP contribution in [-0.2, 0) is 0 Å². The molecule has 1 aliphatic carbocycles. The van der Waals surface area contributed by atoms with Gasteiger partial charge in [0.15, 0.2) is 0 Å². The predicted octanol–water partition coefficient (Wildman–Crippen LogP) is 1.90. The fourth-order valence-electron chi connectivity index (χ4n) is 1.55. The van der Waals surface area contributed by atoms with Crippen LogP contribution >= 0.6 is 0 Å². The third-order valence-corrected chi connectivity index (χ3v) is 2.44. The van der Waals surface area contributed by atoms with Crippen LogP contribution in [0.25, 0.3) is 0 Å². The van der Waals surface area contributed by atoms with Crippen LogP contribution in [0.15, 0.2) is 5.10 Å². The first kappa shape index (κ1) is 7.58. The van der Waals surface area contributed by atoms with Gasteiger partial charge in [0.1, 0.15) is 0 Å². The van der Waals surface area contributed by atoms with Crippen molar-refractivity contribution in [2.75, 3.05) is 0 Å². The molecule has 0 radical (unpaired) electrons. The third kappa shape index (κ3) is 1.72. The van der Waals surface area contributed by atoms with Gasteiger partial charge in [-0.3, -0.25) is 0 Å². The lowest BCUT2D eigenvalue weighted by molar-refractivity contribution is 0.429. The molecule has 1 saturated carbocycles. The van der Waals surface area contributed by atoms with Crippen molar-refractivity contribution < 1.29 is 0 Å². The summed E-state index contributed by atoms with van der Waals surface area (Å²) >= 11 is 0. The molecule has 0 saturated heterocycles. The molecule has 0 unspecified atom stereocenters. The molecule has 1 rings (SSSR count). The summed E-state index contributed by atoms with van der Waals surface area (Å²) in [7, 11) is 0. The Morgan fingerprint density at radius 3 is 2.50 bits per heavy atom. The molecule has 0 amide bonds. The van der Waals surface area contributed by atoms with Crippen LogP contribution in [-0.4, -0.2) is 5.71 Å². The smallest absolute Gasteiger partial charge is 0.0376 e. The van der Waals surface area contributed by atoms with Gasteiger partial charge < -0.3 is 5.84 Å². The number of hydrazone groups is 1. The summed E-state index contributed by atoms with van der Waals surface area (Å²) in [5.74, 6) is 6.11. The minimum atomic E-state index is 0.936. The van der Waals surface area contributed by atoms with Crippen molar-refractivity contribution in [3.05, 3.63) is 0 Å². The van der Waals surface area contributed by atoms with Crippen LogP contribution in [0.3, 0.4) is 0 Å². The Bertz CT molecular complexity index is 119. The van der Waals surface area contributed by atoms with Crippen LogP contribution in [0, 0.1) is 5.92 Å². The Morgan fingerprint density at radius 1 is 1.50 bits per heavy atom. The summed E-state index contributed by atoms with van der Waals surface area (Å²) < 4.78 is 0. The zero-order chi connectivity index (χ0) is 7.40. The number of nitrogens with two attached hydrogens (primary N) is 1. The summed E-state index contributed by atoms with van der Waals surface area (Å²) in [6.45, 7) is 2.26. The van der Waals surface area contributed by atoms with Crippen molar-refractivity contribution in [3.8, 4) is 0 Å². The van der Waals surface area contributed by atoms with Gasteiger partial charge in [-0.25, -0.2) is 0 Å². The monoisotopic (exact) mass is 140 g/mol. The van der Waals surface area contributed by atoms with Gasteiger partial charge in [-0.1, -0.05) is 13.3 Å². The summed E-state index contributed by atoms with van der Waals surface area (Å²) in [6, 6.07) is 0. The van der Waals surface area contributed by atoms with Crippen LogP contribution in [0.2, 0.25) is 0 Å². The maximum Gasteiger partial charge on any atom is 0.0376 e. The van der Waals surface area contributed by atoms with Gasteiger partial charge in [0.25, 0.3) is 0 Å². The fourth-order valence-corrected chi connectivity index (χ4v) is 1.55. The van der Waals surface area contributed by atoms with Gasteiger partial charge in [-0.2, -0.15) is 5.10 Å². The van der Waals surface area contributed by atoms with Crippen molar-refractivity contribution in [2.24, 2.45) is 16.9 Å². The van der Waals surface area contributed by atoms with Gasteiger partial charge >= 0.3 is 0 Å². The second kappa shape index (κ2) is 3.59.